The van der Waals surface area contributed by atoms with Crippen LogP contribution in [0.15, 0.2) is 36.7 Å². The molecule has 2 saturated carbocycles. The Hall–Kier alpha value is -1.90. The lowest BCUT2D eigenvalue weighted by Crippen LogP contribution is -2.19. The van der Waals surface area contributed by atoms with Gasteiger partial charge in [-0.2, -0.15) is 0 Å². The van der Waals surface area contributed by atoms with E-state index in [4.69, 9.17) is 0 Å². The number of hydrogen-bond acceptors (Lipinski definition) is 2. The van der Waals surface area contributed by atoms with Crippen LogP contribution < -0.4 is 0 Å². The molecule has 0 saturated heterocycles. The van der Waals surface area contributed by atoms with Crippen LogP contribution in [0.2, 0.25) is 0 Å². The van der Waals surface area contributed by atoms with Crippen molar-refractivity contribution >= 4 is 5.78 Å². The zero-order chi connectivity index (χ0) is 12.9. The summed E-state index contributed by atoms with van der Waals surface area (Å²) in [4.78, 5) is 19.0. The highest BCUT2D eigenvalue weighted by atomic mass is 16.1. The molecule has 0 amide bonds. The summed E-state index contributed by atoms with van der Waals surface area (Å²) in [6.07, 6.45) is 7.36. The largest absolute Gasteiger partial charge is 0.345 e. The molecule has 1 N–H and O–H groups in total. The molecule has 0 radical (unpaired) electrons. The summed E-state index contributed by atoms with van der Waals surface area (Å²) in [6.45, 7) is 0. The highest BCUT2D eigenvalue weighted by molar-refractivity contribution is 5.81. The van der Waals surface area contributed by atoms with Crippen LogP contribution >= 0.6 is 0 Å². The average Bonchev–Trinajstić information content (AvgIpc) is 2.91. The van der Waals surface area contributed by atoms with Gasteiger partial charge in [-0.1, -0.05) is 18.2 Å². The topological polar surface area (TPSA) is 45.8 Å². The van der Waals surface area contributed by atoms with Crippen LogP contribution in [0.4, 0.5) is 0 Å². The first-order chi connectivity index (χ1) is 9.28. The van der Waals surface area contributed by atoms with E-state index in [0.29, 0.717) is 11.7 Å². The number of carbonyl (C=O) groups is 1. The zero-order valence-corrected chi connectivity index (χ0v) is 10.7. The number of rotatable bonds is 2. The summed E-state index contributed by atoms with van der Waals surface area (Å²) in [6, 6.07) is 8.65. The molecule has 3 heteroatoms. The summed E-state index contributed by atoms with van der Waals surface area (Å²) in [5.74, 6) is 1.95. The molecule has 0 aliphatic heterocycles. The third kappa shape index (κ3) is 1.65. The number of ketones is 1. The van der Waals surface area contributed by atoms with E-state index >= 15 is 0 Å². The number of fused-ring (bicyclic) bond motifs is 1. The van der Waals surface area contributed by atoms with E-state index in [-0.39, 0.29) is 5.41 Å². The van der Waals surface area contributed by atoms with E-state index in [1.807, 2.05) is 6.20 Å². The molecular formula is C16H16N2O. The second-order valence-corrected chi connectivity index (χ2v) is 5.82. The minimum absolute atomic E-state index is 0.288. The molecule has 4 rings (SSSR count). The molecule has 0 bridgehead atoms. The number of nitrogens with zero attached hydrogens (tertiary/aromatic N) is 1. The fraction of sp³-hybridized carbons (Fsp3) is 0.375. The van der Waals surface area contributed by atoms with Gasteiger partial charge in [0.2, 0.25) is 0 Å². The van der Waals surface area contributed by atoms with Gasteiger partial charge in [0.05, 0.1) is 0 Å². The van der Waals surface area contributed by atoms with Crippen molar-refractivity contribution in [1.29, 1.82) is 0 Å². The minimum Gasteiger partial charge on any atom is -0.345 e. The van der Waals surface area contributed by atoms with E-state index in [0.717, 1.165) is 30.7 Å². The summed E-state index contributed by atoms with van der Waals surface area (Å²) in [5, 5.41) is 0. The quantitative estimate of drug-likeness (QED) is 0.892. The summed E-state index contributed by atoms with van der Waals surface area (Å²) in [5.41, 5.74) is 2.81. The van der Waals surface area contributed by atoms with Crippen molar-refractivity contribution in [1.82, 2.24) is 9.97 Å². The smallest absolute Gasteiger partial charge is 0.137 e. The Morgan fingerprint density at radius 2 is 2.32 bits per heavy atom. The highest BCUT2D eigenvalue weighted by Crippen LogP contribution is 2.61. The fourth-order valence-corrected chi connectivity index (χ4v) is 3.59. The van der Waals surface area contributed by atoms with Crippen molar-refractivity contribution in [3.8, 4) is 11.4 Å². The Bertz CT molecular complexity index is 632. The van der Waals surface area contributed by atoms with Crippen LogP contribution in [0.5, 0.6) is 0 Å². The number of benzene rings is 1. The van der Waals surface area contributed by atoms with Gasteiger partial charge in [-0.15, -0.1) is 0 Å². The van der Waals surface area contributed by atoms with Crippen molar-refractivity contribution in [2.45, 2.75) is 31.1 Å². The lowest BCUT2D eigenvalue weighted by molar-refractivity contribution is -0.120. The molecule has 2 aromatic rings. The Balaban J connectivity index is 1.70. The third-order valence-corrected chi connectivity index (χ3v) is 4.77. The zero-order valence-electron chi connectivity index (χ0n) is 10.7. The number of hydrogen-bond donors (Lipinski definition) is 1. The Kier molecular flexibility index (Phi) is 2.19. The van der Waals surface area contributed by atoms with Gasteiger partial charge in [0.1, 0.15) is 11.6 Å². The van der Waals surface area contributed by atoms with Crippen molar-refractivity contribution in [2.75, 3.05) is 0 Å². The van der Waals surface area contributed by atoms with Crippen molar-refractivity contribution in [2.24, 2.45) is 5.92 Å². The number of aromatic nitrogens is 2. The van der Waals surface area contributed by atoms with Gasteiger partial charge < -0.3 is 4.98 Å². The van der Waals surface area contributed by atoms with E-state index in [9.17, 15) is 4.79 Å². The number of aromatic amines is 1. The Morgan fingerprint density at radius 1 is 1.37 bits per heavy atom. The van der Waals surface area contributed by atoms with Gasteiger partial charge in [0, 0.05) is 30.8 Å². The lowest BCUT2D eigenvalue weighted by Gasteiger charge is -2.22. The predicted molar refractivity (Wildman–Crippen MR) is 72.7 cm³/mol. The molecule has 3 nitrogen and oxygen atoms in total. The maximum absolute atomic E-state index is 11.5. The SMILES string of the molecule is O=C1CCC2(c3cccc(-c4ncc[nH]4)c3)CC2C1. The molecule has 19 heavy (non-hydrogen) atoms. The van der Waals surface area contributed by atoms with Gasteiger partial charge in [-0.3, -0.25) is 4.79 Å². The summed E-state index contributed by atoms with van der Waals surface area (Å²) >= 11 is 0. The maximum Gasteiger partial charge on any atom is 0.137 e. The second-order valence-electron chi connectivity index (χ2n) is 5.82. The van der Waals surface area contributed by atoms with E-state index in [1.165, 1.54) is 12.0 Å². The molecule has 2 aliphatic rings. The molecule has 2 unspecified atom stereocenters. The first-order valence-corrected chi connectivity index (χ1v) is 6.90. The van der Waals surface area contributed by atoms with Crippen molar-refractivity contribution in [3.63, 3.8) is 0 Å². The van der Waals surface area contributed by atoms with Gasteiger partial charge in [-0.05, 0) is 35.8 Å². The summed E-state index contributed by atoms with van der Waals surface area (Å²) in [7, 11) is 0. The van der Waals surface area contributed by atoms with Crippen LogP contribution in [0.3, 0.4) is 0 Å². The number of H-pyrrole nitrogens is 1. The van der Waals surface area contributed by atoms with Gasteiger partial charge in [0.15, 0.2) is 0 Å². The number of nitrogens with one attached hydrogen (secondary N) is 1. The van der Waals surface area contributed by atoms with Crippen molar-refractivity contribution in [3.05, 3.63) is 42.2 Å². The molecule has 2 aliphatic carbocycles. The van der Waals surface area contributed by atoms with Crippen LogP contribution in [0.25, 0.3) is 11.4 Å². The highest BCUT2D eigenvalue weighted by Gasteiger charge is 2.57. The van der Waals surface area contributed by atoms with E-state index in [1.54, 1.807) is 6.20 Å². The van der Waals surface area contributed by atoms with Gasteiger partial charge in [0.25, 0.3) is 0 Å². The fourth-order valence-electron chi connectivity index (χ4n) is 3.59. The number of Topliss-reactive ketones (excluding diaryl/α,β-unsaturated/α-hetero) is 1. The first kappa shape index (κ1) is 11.0. The van der Waals surface area contributed by atoms with Crippen LogP contribution in [-0.2, 0) is 10.2 Å². The number of carbonyl (C=O) groups excluding carboxylic acids is 1. The molecule has 2 fully saturated rings. The second kappa shape index (κ2) is 3.80. The molecule has 1 aromatic heterocycles. The molecule has 2 atom stereocenters. The van der Waals surface area contributed by atoms with Crippen LogP contribution in [-0.4, -0.2) is 15.8 Å². The van der Waals surface area contributed by atoms with Crippen LogP contribution in [0.1, 0.15) is 31.2 Å². The molecule has 1 heterocycles. The van der Waals surface area contributed by atoms with E-state index < -0.39 is 0 Å². The molecular weight excluding hydrogens is 236 g/mol. The lowest BCUT2D eigenvalue weighted by atomic mass is 9.82. The standard InChI is InChI=1S/C16H16N2O/c19-14-4-5-16(10-13(16)9-14)12-3-1-2-11(8-12)15-17-6-7-18-15/h1-3,6-8,13H,4-5,9-10H2,(H,17,18). The Labute approximate surface area is 112 Å². The molecule has 0 spiro atoms. The predicted octanol–water partition coefficient (Wildman–Crippen LogP) is 3.09. The van der Waals surface area contributed by atoms with Gasteiger partial charge in [-0.25, -0.2) is 4.98 Å². The minimum atomic E-state index is 0.288. The monoisotopic (exact) mass is 252 g/mol. The molecule has 1 aromatic carbocycles. The average molecular weight is 252 g/mol. The van der Waals surface area contributed by atoms with Crippen molar-refractivity contribution < 1.29 is 4.79 Å². The van der Waals surface area contributed by atoms with E-state index in [2.05, 4.69) is 34.2 Å². The third-order valence-electron chi connectivity index (χ3n) is 4.77. The first-order valence-electron chi connectivity index (χ1n) is 6.90. The normalized spacial score (nSPS) is 29.1. The maximum atomic E-state index is 11.5. The number of imidazole rings is 1. The van der Waals surface area contributed by atoms with Crippen LogP contribution in [0, 0.1) is 5.92 Å². The molecule has 96 valence electrons. The summed E-state index contributed by atoms with van der Waals surface area (Å²) < 4.78 is 0. The Morgan fingerprint density at radius 3 is 3.11 bits per heavy atom. The van der Waals surface area contributed by atoms with Gasteiger partial charge >= 0.3 is 0 Å².